The van der Waals surface area contributed by atoms with Gasteiger partial charge in [-0.25, -0.2) is 0 Å². The zero-order valence-electron chi connectivity index (χ0n) is 10.6. The molecule has 2 nitrogen and oxygen atoms in total. The van der Waals surface area contributed by atoms with Crippen LogP contribution < -0.4 is 5.32 Å². The van der Waals surface area contributed by atoms with E-state index < -0.39 is 0 Å². The molecule has 0 aromatic heterocycles. The van der Waals surface area contributed by atoms with E-state index in [1.54, 1.807) is 0 Å². The molecule has 1 rings (SSSR count). The predicted molar refractivity (Wildman–Crippen MR) is 63.2 cm³/mol. The topological polar surface area (TPSA) is 29.1 Å². The first-order valence-corrected chi connectivity index (χ1v) is 5.39. The van der Waals surface area contributed by atoms with Gasteiger partial charge in [-0.05, 0) is 13.8 Å². The van der Waals surface area contributed by atoms with Gasteiger partial charge in [0.25, 0.3) is 0 Å². The second kappa shape index (κ2) is 5.68. The quantitative estimate of drug-likeness (QED) is 0.585. The Morgan fingerprint density at radius 3 is 2.44 bits per heavy atom. The summed E-state index contributed by atoms with van der Waals surface area (Å²) in [6.07, 6.45) is 6.04. The van der Waals surface area contributed by atoms with E-state index in [0.717, 1.165) is 11.5 Å². The molecule has 0 fully saturated rings. The molecule has 0 spiro atoms. The molecule has 0 aromatic rings. The molecule has 1 amide bonds. The summed E-state index contributed by atoms with van der Waals surface area (Å²) in [5.41, 5.74) is 0.581. The Morgan fingerprint density at radius 2 is 1.94 bits per heavy atom. The van der Waals surface area contributed by atoms with Crippen LogP contribution in [0.25, 0.3) is 0 Å². The third-order valence-corrected chi connectivity index (χ3v) is 2.47. The maximum atomic E-state index is 11.9. The Morgan fingerprint density at radius 1 is 1.38 bits per heavy atom. The van der Waals surface area contributed by atoms with Gasteiger partial charge in [0.05, 0.1) is 0 Å². The van der Waals surface area contributed by atoms with Crippen LogP contribution in [0.1, 0.15) is 34.6 Å². The van der Waals surface area contributed by atoms with Crippen molar-refractivity contribution >= 4 is 5.91 Å². The first-order chi connectivity index (χ1) is 6.82. The Labute approximate surface area is 111 Å². The number of hydrogen-bond acceptors (Lipinski definition) is 1. The summed E-state index contributed by atoms with van der Waals surface area (Å²) in [6.45, 7) is 10.1. The molecule has 3 heteroatoms. The number of hydrogen-bond donors (Lipinski definition) is 1. The molecular formula is C13H20NORu. The van der Waals surface area contributed by atoms with Crippen molar-refractivity contribution in [1.82, 2.24) is 5.32 Å². The van der Waals surface area contributed by atoms with E-state index in [0.29, 0.717) is 0 Å². The number of allylic oxidation sites excluding steroid dienone is 2. The van der Waals surface area contributed by atoms with Gasteiger partial charge in [-0.3, -0.25) is 4.79 Å². The number of carbonyl (C=O) groups excluding carboxylic acids is 1. The van der Waals surface area contributed by atoms with Gasteiger partial charge in [-0.1, -0.05) is 32.3 Å². The summed E-state index contributed by atoms with van der Waals surface area (Å²) < 4.78 is 0. The summed E-state index contributed by atoms with van der Waals surface area (Å²) in [5.74, 6) is 1.42. The monoisotopic (exact) mass is 308 g/mol. The van der Waals surface area contributed by atoms with E-state index in [2.05, 4.69) is 11.4 Å². The third-order valence-electron chi connectivity index (χ3n) is 2.47. The van der Waals surface area contributed by atoms with Gasteiger partial charge in [0.1, 0.15) is 0 Å². The molecule has 1 radical (unpaired) electrons. The normalized spacial score (nSPS) is 24.8. The molecule has 91 valence electrons. The molecule has 0 saturated carbocycles. The van der Waals surface area contributed by atoms with Crippen LogP contribution in [0, 0.1) is 11.8 Å². The van der Waals surface area contributed by atoms with Crippen LogP contribution in [0.5, 0.6) is 0 Å². The summed E-state index contributed by atoms with van der Waals surface area (Å²) >= 11 is 0. The Kier molecular flexibility index (Phi) is 5.48. The molecule has 0 aromatic carbocycles. The summed E-state index contributed by atoms with van der Waals surface area (Å²) in [7, 11) is 0. The van der Waals surface area contributed by atoms with Crippen LogP contribution in [-0.2, 0) is 24.3 Å². The Bertz CT molecular complexity index is 316. The fourth-order valence-corrected chi connectivity index (χ4v) is 1.53. The third kappa shape index (κ3) is 4.13. The second-order valence-electron chi connectivity index (χ2n) is 5.01. The van der Waals surface area contributed by atoms with Crippen LogP contribution in [0.3, 0.4) is 0 Å². The first kappa shape index (κ1) is 15.4. The standard InChI is InChI=1S/C13H20NO.Ru/c1-9(2)11-8-10(3)6-7-13(4,5)14-12(11)15;/h6-9H,1-5H3,(H,14,15);/q-1;+1/b7-6-,11-8-;. The zero-order valence-corrected chi connectivity index (χ0v) is 12.3. The van der Waals surface area contributed by atoms with Gasteiger partial charge in [-0.15, -0.1) is 0 Å². The van der Waals surface area contributed by atoms with E-state index in [9.17, 15) is 4.79 Å². The first-order valence-electron chi connectivity index (χ1n) is 5.39. The number of nitrogens with one attached hydrogen (secondary N) is 1. The molecule has 1 aliphatic heterocycles. The van der Waals surface area contributed by atoms with Crippen LogP contribution >= 0.6 is 0 Å². The molecule has 16 heavy (non-hydrogen) atoms. The minimum atomic E-state index is -0.271. The van der Waals surface area contributed by atoms with Gasteiger partial charge in [-0.2, -0.15) is 24.1 Å². The molecule has 1 aliphatic rings. The largest absolute Gasteiger partial charge is 1.00 e. The average molecular weight is 307 g/mol. The van der Waals surface area contributed by atoms with Crippen LogP contribution in [0.4, 0.5) is 0 Å². The summed E-state index contributed by atoms with van der Waals surface area (Å²) in [5, 5.41) is 3.00. The van der Waals surface area contributed by atoms with Gasteiger partial charge >= 0.3 is 19.5 Å². The van der Waals surface area contributed by atoms with Crippen molar-refractivity contribution in [3.8, 4) is 0 Å². The van der Waals surface area contributed by atoms with Crippen LogP contribution in [0.2, 0.25) is 0 Å². The fraction of sp³-hybridized carbons (Fsp3) is 0.538. The van der Waals surface area contributed by atoms with Gasteiger partial charge < -0.3 is 5.32 Å². The molecule has 0 aliphatic carbocycles. The molecule has 0 saturated heterocycles. The maximum Gasteiger partial charge on any atom is 1.00 e. The second-order valence-corrected chi connectivity index (χ2v) is 5.01. The number of carbonyl (C=O) groups is 1. The van der Waals surface area contributed by atoms with Crippen molar-refractivity contribution < 1.29 is 24.3 Å². The van der Waals surface area contributed by atoms with Crippen LogP contribution in [-0.4, -0.2) is 11.4 Å². The average Bonchev–Trinajstić information content (AvgIpc) is 2.08. The Balaban J connectivity index is 0.00000225. The molecule has 0 atom stereocenters. The smallest absolute Gasteiger partial charge is 0.365 e. The Hall–Kier alpha value is -0.557. The molecule has 0 unspecified atom stereocenters. The van der Waals surface area contributed by atoms with Gasteiger partial charge in [0.2, 0.25) is 0 Å². The van der Waals surface area contributed by atoms with Crippen molar-refractivity contribution in [1.29, 1.82) is 0 Å². The van der Waals surface area contributed by atoms with Crippen molar-refractivity contribution in [3.63, 3.8) is 0 Å². The molecule has 1 N–H and O–H groups in total. The van der Waals surface area contributed by atoms with E-state index in [1.807, 2.05) is 46.8 Å². The van der Waals surface area contributed by atoms with Crippen molar-refractivity contribution in [2.75, 3.05) is 0 Å². The predicted octanol–water partition coefficient (Wildman–Crippen LogP) is 2.63. The van der Waals surface area contributed by atoms with E-state index in [-0.39, 0.29) is 36.8 Å². The van der Waals surface area contributed by atoms with Crippen LogP contribution in [0.15, 0.2) is 23.8 Å². The van der Waals surface area contributed by atoms with E-state index >= 15 is 0 Å². The van der Waals surface area contributed by atoms with Gasteiger partial charge in [0, 0.05) is 5.54 Å². The number of rotatable bonds is 1. The molecule has 0 bridgehead atoms. The minimum absolute atomic E-state index is 0. The fourth-order valence-electron chi connectivity index (χ4n) is 1.53. The number of amides is 1. The SMILES string of the molecule is C[C-]1/C=C\C(C)(C)NC(=O)/C(C(C)C)=C\1.[Ru+]. The minimum Gasteiger partial charge on any atom is -0.365 e. The summed E-state index contributed by atoms with van der Waals surface area (Å²) in [6, 6.07) is 0. The van der Waals surface area contributed by atoms with Crippen molar-refractivity contribution in [3.05, 3.63) is 29.7 Å². The molecular weight excluding hydrogens is 287 g/mol. The van der Waals surface area contributed by atoms with Crippen molar-refractivity contribution in [2.45, 2.75) is 40.2 Å². The van der Waals surface area contributed by atoms with E-state index in [1.165, 1.54) is 0 Å². The molecule has 1 heterocycles. The summed E-state index contributed by atoms with van der Waals surface area (Å²) in [4.78, 5) is 11.9. The van der Waals surface area contributed by atoms with Gasteiger partial charge in [0.15, 0.2) is 5.91 Å². The zero-order chi connectivity index (χ0) is 11.6. The maximum absolute atomic E-state index is 11.9. The van der Waals surface area contributed by atoms with E-state index in [4.69, 9.17) is 0 Å². The van der Waals surface area contributed by atoms with Crippen molar-refractivity contribution in [2.24, 2.45) is 5.92 Å².